The summed E-state index contributed by atoms with van der Waals surface area (Å²) >= 11 is 0. The van der Waals surface area contributed by atoms with Crippen LogP contribution in [0.2, 0.25) is 0 Å². The van der Waals surface area contributed by atoms with E-state index in [1.165, 1.54) is 58.0 Å². The Hall–Kier alpha value is -0.0400. The first-order chi connectivity index (χ1) is 6.81. The molecule has 1 nitrogen and oxygen atoms in total. The van der Waals surface area contributed by atoms with Crippen molar-refractivity contribution in [2.75, 3.05) is 13.1 Å². The summed E-state index contributed by atoms with van der Waals surface area (Å²) in [7, 11) is 0. The second kappa shape index (κ2) is 11.0. The van der Waals surface area contributed by atoms with E-state index in [0.29, 0.717) is 0 Å². The zero-order valence-electron chi connectivity index (χ0n) is 10.4. The molecule has 0 rings (SSSR count). The summed E-state index contributed by atoms with van der Waals surface area (Å²) in [5, 5.41) is 3.52. The van der Waals surface area contributed by atoms with Crippen molar-refractivity contribution < 1.29 is 0 Å². The molecule has 0 aromatic rings. The van der Waals surface area contributed by atoms with Crippen LogP contribution in [0, 0.1) is 5.92 Å². The second-order valence-corrected chi connectivity index (χ2v) is 4.49. The normalized spacial score (nSPS) is 13.1. The first-order valence-corrected chi connectivity index (χ1v) is 6.52. The molecule has 1 atom stereocenters. The smallest absolute Gasteiger partial charge is 0.00488 e. The largest absolute Gasteiger partial charge is 0.317 e. The Morgan fingerprint density at radius 1 is 0.857 bits per heavy atom. The van der Waals surface area contributed by atoms with Crippen molar-refractivity contribution in [1.29, 1.82) is 0 Å². The molecule has 0 amide bonds. The van der Waals surface area contributed by atoms with Crippen LogP contribution in [0.1, 0.15) is 65.7 Å². The Bertz CT molecular complexity index is 101. The van der Waals surface area contributed by atoms with Gasteiger partial charge in [-0.05, 0) is 38.3 Å². The van der Waals surface area contributed by atoms with Gasteiger partial charge >= 0.3 is 0 Å². The lowest BCUT2D eigenvalue weighted by molar-refractivity contribution is 0.457. The van der Waals surface area contributed by atoms with Crippen molar-refractivity contribution in [3.63, 3.8) is 0 Å². The number of nitrogens with one attached hydrogen (secondary N) is 1. The van der Waals surface area contributed by atoms with Crippen LogP contribution in [0.25, 0.3) is 0 Å². The minimum Gasteiger partial charge on any atom is -0.317 e. The molecular weight excluding hydrogens is 170 g/mol. The van der Waals surface area contributed by atoms with Crippen molar-refractivity contribution in [3.8, 4) is 0 Å². The molecule has 0 fully saturated rings. The third-order valence-electron chi connectivity index (χ3n) is 2.79. The Kier molecular flexibility index (Phi) is 11.0. The standard InChI is InChI=1S/C13H29N/c1-4-6-7-11-14-12-8-10-13(3)9-5-2/h13-14H,4-12H2,1-3H3. The van der Waals surface area contributed by atoms with Crippen LogP contribution in [-0.2, 0) is 0 Å². The molecule has 0 aliphatic heterocycles. The zero-order chi connectivity index (χ0) is 10.6. The Labute approximate surface area is 90.7 Å². The van der Waals surface area contributed by atoms with Crippen LogP contribution in [0.4, 0.5) is 0 Å². The molecule has 86 valence electrons. The predicted octanol–water partition coefficient (Wildman–Crippen LogP) is 3.98. The van der Waals surface area contributed by atoms with Gasteiger partial charge in [0, 0.05) is 0 Å². The molecule has 1 unspecified atom stereocenters. The highest BCUT2D eigenvalue weighted by Crippen LogP contribution is 2.11. The van der Waals surface area contributed by atoms with Gasteiger partial charge in [0.15, 0.2) is 0 Å². The Morgan fingerprint density at radius 2 is 1.57 bits per heavy atom. The lowest BCUT2D eigenvalue weighted by Crippen LogP contribution is -2.17. The van der Waals surface area contributed by atoms with Crippen LogP contribution in [-0.4, -0.2) is 13.1 Å². The van der Waals surface area contributed by atoms with Gasteiger partial charge in [-0.1, -0.05) is 46.5 Å². The molecular formula is C13H29N. The quantitative estimate of drug-likeness (QED) is 0.525. The van der Waals surface area contributed by atoms with Crippen LogP contribution in [0.3, 0.4) is 0 Å². The summed E-state index contributed by atoms with van der Waals surface area (Å²) in [4.78, 5) is 0. The monoisotopic (exact) mass is 199 g/mol. The SMILES string of the molecule is CCCCCNCCCC(C)CCC. The van der Waals surface area contributed by atoms with E-state index in [0.717, 1.165) is 5.92 Å². The number of hydrogen-bond acceptors (Lipinski definition) is 1. The molecule has 14 heavy (non-hydrogen) atoms. The maximum absolute atomic E-state index is 3.52. The van der Waals surface area contributed by atoms with Gasteiger partial charge in [-0.25, -0.2) is 0 Å². The summed E-state index contributed by atoms with van der Waals surface area (Å²) in [6, 6.07) is 0. The fourth-order valence-electron chi connectivity index (χ4n) is 1.84. The van der Waals surface area contributed by atoms with Gasteiger partial charge in [-0.3, -0.25) is 0 Å². The van der Waals surface area contributed by atoms with E-state index in [2.05, 4.69) is 26.1 Å². The van der Waals surface area contributed by atoms with Gasteiger partial charge in [0.2, 0.25) is 0 Å². The summed E-state index contributed by atoms with van der Waals surface area (Å²) < 4.78 is 0. The first kappa shape index (κ1) is 14.0. The van der Waals surface area contributed by atoms with Gasteiger partial charge in [0.05, 0.1) is 0 Å². The van der Waals surface area contributed by atoms with Crippen LogP contribution in [0.15, 0.2) is 0 Å². The van der Waals surface area contributed by atoms with Crippen molar-refractivity contribution in [3.05, 3.63) is 0 Å². The van der Waals surface area contributed by atoms with E-state index in [4.69, 9.17) is 0 Å². The van der Waals surface area contributed by atoms with E-state index in [-0.39, 0.29) is 0 Å². The number of rotatable bonds is 10. The summed E-state index contributed by atoms with van der Waals surface area (Å²) in [5.74, 6) is 0.928. The number of hydrogen-bond donors (Lipinski definition) is 1. The highest BCUT2D eigenvalue weighted by molar-refractivity contribution is 4.55. The van der Waals surface area contributed by atoms with Gasteiger partial charge < -0.3 is 5.32 Å². The lowest BCUT2D eigenvalue weighted by atomic mass is 10.0. The molecule has 1 N–H and O–H groups in total. The second-order valence-electron chi connectivity index (χ2n) is 4.49. The van der Waals surface area contributed by atoms with Crippen LogP contribution >= 0.6 is 0 Å². The Morgan fingerprint density at radius 3 is 2.21 bits per heavy atom. The molecule has 0 saturated heterocycles. The topological polar surface area (TPSA) is 12.0 Å². The van der Waals surface area contributed by atoms with E-state index < -0.39 is 0 Å². The van der Waals surface area contributed by atoms with Crippen LogP contribution in [0.5, 0.6) is 0 Å². The van der Waals surface area contributed by atoms with E-state index in [1.54, 1.807) is 0 Å². The molecule has 0 aromatic carbocycles. The maximum Gasteiger partial charge on any atom is -0.00488 e. The van der Waals surface area contributed by atoms with Crippen molar-refractivity contribution >= 4 is 0 Å². The maximum atomic E-state index is 3.52. The summed E-state index contributed by atoms with van der Waals surface area (Å²) in [5.41, 5.74) is 0. The number of unbranched alkanes of at least 4 members (excludes halogenated alkanes) is 2. The fourth-order valence-corrected chi connectivity index (χ4v) is 1.84. The third kappa shape index (κ3) is 10.0. The third-order valence-corrected chi connectivity index (χ3v) is 2.79. The summed E-state index contributed by atoms with van der Waals surface area (Å²) in [6.45, 7) is 9.35. The highest BCUT2D eigenvalue weighted by Gasteiger charge is 1.99. The average Bonchev–Trinajstić information content (AvgIpc) is 2.17. The molecule has 0 saturated carbocycles. The highest BCUT2D eigenvalue weighted by atomic mass is 14.8. The van der Waals surface area contributed by atoms with Crippen LogP contribution < -0.4 is 5.32 Å². The first-order valence-electron chi connectivity index (χ1n) is 6.52. The molecule has 0 aliphatic rings. The van der Waals surface area contributed by atoms with E-state index >= 15 is 0 Å². The molecule has 0 heterocycles. The molecule has 0 aliphatic carbocycles. The van der Waals surface area contributed by atoms with Gasteiger partial charge in [-0.2, -0.15) is 0 Å². The van der Waals surface area contributed by atoms with E-state index in [9.17, 15) is 0 Å². The predicted molar refractivity (Wildman–Crippen MR) is 65.7 cm³/mol. The van der Waals surface area contributed by atoms with Crippen molar-refractivity contribution in [2.45, 2.75) is 65.7 Å². The molecule has 0 radical (unpaired) electrons. The van der Waals surface area contributed by atoms with Crippen molar-refractivity contribution in [1.82, 2.24) is 5.32 Å². The minimum absolute atomic E-state index is 0.928. The Balaban J connectivity index is 2.98. The molecule has 0 bridgehead atoms. The molecule has 0 aromatic heterocycles. The van der Waals surface area contributed by atoms with Gasteiger partial charge in [-0.15, -0.1) is 0 Å². The van der Waals surface area contributed by atoms with Crippen molar-refractivity contribution in [2.24, 2.45) is 5.92 Å². The summed E-state index contributed by atoms with van der Waals surface area (Å²) in [6.07, 6.45) is 9.54. The van der Waals surface area contributed by atoms with Gasteiger partial charge in [0.25, 0.3) is 0 Å². The van der Waals surface area contributed by atoms with Gasteiger partial charge in [0.1, 0.15) is 0 Å². The molecule has 0 spiro atoms. The average molecular weight is 199 g/mol. The lowest BCUT2D eigenvalue weighted by Gasteiger charge is -2.09. The fraction of sp³-hybridized carbons (Fsp3) is 1.00. The van der Waals surface area contributed by atoms with E-state index in [1.807, 2.05) is 0 Å². The molecule has 1 heteroatoms. The zero-order valence-corrected chi connectivity index (χ0v) is 10.4. The minimum atomic E-state index is 0.928.